The Morgan fingerprint density at radius 1 is 1.29 bits per heavy atom. The molecule has 17 heavy (non-hydrogen) atoms. The Balaban J connectivity index is 2.08. The molecule has 4 nitrogen and oxygen atoms in total. The van der Waals surface area contributed by atoms with Crippen molar-refractivity contribution in [3.05, 3.63) is 30.5 Å². The van der Waals surface area contributed by atoms with Gasteiger partial charge in [-0.1, -0.05) is 31.2 Å². The van der Waals surface area contributed by atoms with Crippen molar-refractivity contribution in [2.24, 2.45) is 0 Å². The van der Waals surface area contributed by atoms with Gasteiger partial charge in [-0.05, 0) is 13.6 Å². The molecule has 0 spiro atoms. The van der Waals surface area contributed by atoms with Crippen molar-refractivity contribution in [3.8, 4) is 0 Å². The van der Waals surface area contributed by atoms with Gasteiger partial charge in [0.2, 0.25) is 0 Å². The van der Waals surface area contributed by atoms with Crippen molar-refractivity contribution in [3.63, 3.8) is 0 Å². The average molecular weight is 230 g/mol. The number of rotatable bonds is 5. The molecular weight excluding hydrogens is 212 g/mol. The number of hydrogen-bond acceptors (Lipinski definition) is 4. The van der Waals surface area contributed by atoms with Gasteiger partial charge in [0.25, 0.3) is 0 Å². The van der Waals surface area contributed by atoms with E-state index in [0.29, 0.717) is 0 Å². The Morgan fingerprint density at radius 2 is 2.12 bits per heavy atom. The second kappa shape index (κ2) is 5.59. The summed E-state index contributed by atoms with van der Waals surface area (Å²) >= 11 is 0. The SMILES string of the molecule is CCN(C)CCNc1nncc2ccccc12. The molecule has 0 aliphatic carbocycles. The molecule has 0 amide bonds. The predicted octanol–water partition coefficient (Wildman–Crippen LogP) is 1.99. The number of fused-ring (bicyclic) bond motifs is 1. The van der Waals surface area contributed by atoms with Crippen molar-refractivity contribution < 1.29 is 0 Å². The maximum absolute atomic E-state index is 4.15. The lowest BCUT2D eigenvalue weighted by molar-refractivity contribution is 0.367. The molecule has 0 bridgehead atoms. The maximum atomic E-state index is 4.15. The topological polar surface area (TPSA) is 41.0 Å². The van der Waals surface area contributed by atoms with Gasteiger partial charge >= 0.3 is 0 Å². The van der Waals surface area contributed by atoms with Crippen molar-refractivity contribution >= 4 is 16.6 Å². The summed E-state index contributed by atoms with van der Waals surface area (Å²) in [6.07, 6.45) is 1.79. The molecule has 0 fully saturated rings. The third-order valence-electron chi connectivity index (χ3n) is 2.90. The second-order valence-corrected chi connectivity index (χ2v) is 4.10. The Morgan fingerprint density at radius 3 is 2.94 bits per heavy atom. The van der Waals surface area contributed by atoms with E-state index in [4.69, 9.17) is 0 Å². The molecule has 0 saturated heterocycles. The summed E-state index contributed by atoms with van der Waals surface area (Å²) in [5.74, 6) is 0.868. The zero-order valence-corrected chi connectivity index (χ0v) is 10.3. The standard InChI is InChI=1S/C13H18N4/c1-3-17(2)9-8-14-13-12-7-5-4-6-11(12)10-15-16-13/h4-7,10H,3,8-9H2,1-2H3,(H,14,16). The fraction of sp³-hybridized carbons (Fsp3) is 0.385. The summed E-state index contributed by atoms with van der Waals surface area (Å²) in [5.41, 5.74) is 0. The number of aromatic nitrogens is 2. The maximum Gasteiger partial charge on any atom is 0.156 e. The summed E-state index contributed by atoms with van der Waals surface area (Å²) in [5, 5.41) is 13.7. The van der Waals surface area contributed by atoms with Crippen LogP contribution in [0.3, 0.4) is 0 Å². The van der Waals surface area contributed by atoms with E-state index in [1.807, 2.05) is 18.2 Å². The fourth-order valence-electron chi connectivity index (χ4n) is 1.68. The molecule has 0 radical (unpaired) electrons. The number of likely N-dealkylation sites (N-methyl/N-ethyl adjacent to an activating group) is 1. The van der Waals surface area contributed by atoms with E-state index in [-0.39, 0.29) is 0 Å². The van der Waals surface area contributed by atoms with Gasteiger partial charge in [-0.15, -0.1) is 5.10 Å². The highest BCUT2D eigenvalue weighted by Crippen LogP contribution is 2.18. The first-order valence-corrected chi connectivity index (χ1v) is 5.94. The summed E-state index contributed by atoms with van der Waals surface area (Å²) in [6.45, 7) is 5.09. The van der Waals surface area contributed by atoms with Gasteiger partial charge in [0, 0.05) is 23.9 Å². The van der Waals surface area contributed by atoms with Crippen LogP contribution >= 0.6 is 0 Å². The van der Waals surface area contributed by atoms with Crippen LogP contribution in [0.2, 0.25) is 0 Å². The Hall–Kier alpha value is -1.68. The lowest BCUT2D eigenvalue weighted by Crippen LogP contribution is -2.25. The summed E-state index contributed by atoms with van der Waals surface area (Å²) in [6, 6.07) is 8.15. The highest BCUT2D eigenvalue weighted by molar-refractivity contribution is 5.90. The minimum absolute atomic E-state index is 0.868. The molecule has 0 aliphatic rings. The number of nitrogens with zero attached hydrogens (tertiary/aromatic N) is 3. The minimum atomic E-state index is 0.868. The molecule has 0 saturated carbocycles. The molecule has 1 N–H and O–H groups in total. The normalized spacial score (nSPS) is 11.0. The van der Waals surface area contributed by atoms with Crippen LogP contribution in [0.1, 0.15) is 6.92 Å². The highest BCUT2D eigenvalue weighted by Gasteiger charge is 2.02. The van der Waals surface area contributed by atoms with Gasteiger partial charge in [-0.3, -0.25) is 0 Å². The lowest BCUT2D eigenvalue weighted by atomic mass is 10.2. The van der Waals surface area contributed by atoms with Crippen LogP contribution in [-0.2, 0) is 0 Å². The number of hydrogen-bond donors (Lipinski definition) is 1. The zero-order chi connectivity index (χ0) is 12.1. The summed E-state index contributed by atoms with van der Waals surface area (Å²) in [7, 11) is 2.11. The van der Waals surface area contributed by atoms with Crippen molar-refractivity contribution in [1.29, 1.82) is 0 Å². The smallest absolute Gasteiger partial charge is 0.156 e. The first-order chi connectivity index (χ1) is 8.31. The number of benzene rings is 1. The molecule has 1 aromatic carbocycles. The fourth-order valence-corrected chi connectivity index (χ4v) is 1.68. The molecule has 0 unspecified atom stereocenters. The van der Waals surface area contributed by atoms with Gasteiger partial charge in [-0.25, -0.2) is 0 Å². The van der Waals surface area contributed by atoms with Gasteiger partial charge < -0.3 is 10.2 Å². The van der Waals surface area contributed by atoms with Gasteiger partial charge in [0.1, 0.15) is 0 Å². The lowest BCUT2D eigenvalue weighted by Gasteiger charge is -2.14. The minimum Gasteiger partial charge on any atom is -0.367 e. The Labute approximate surface area is 102 Å². The van der Waals surface area contributed by atoms with Gasteiger partial charge in [0.05, 0.1) is 6.20 Å². The molecule has 1 aromatic heterocycles. The number of anilines is 1. The largest absolute Gasteiger partial charge is 0.367 e. The molecule has 0 atom stereocenters. The third kappa shape index (κ3) is 2.91. The first kappa shape index (κ1) is 11.8. The zero-order valence-electron chi connectivity index (χ0n) is 10.3. The van der Waals surface area contributed by atoms with Crippen molar-refractivity contribution in [2.75, 3.05) is 32.0 Å². The molecular formula is C13H18N4. The van der Waals surface area contributed by atoms with E-state index in [1.54, 1.807) is 6.20 Å². The second-order valence-electron chi connectivity index (χ2n) is 4.10. The molecule has 90 valence electrons. The van der Waals surface area contributed by atoms with Gasteiger partial charge in [0.15, 0.2) is 5.82 Å². The molecule has 4 heteroatoms. The summed E-state index contributed by atoms with van der Waals surface area (Å²) in [4.78, 5) is 2.26. The van der Waals surface area contributed by atoms with E-state index in [1.165, 1.54) is 0 Å². The monoisotopic (exact) mass is 230 g/mol. The van der Waals surface area contributed by atoms with E-state index in [9.17, 15) is 0 Å². The van der Waals surface area contributed by atoms with Crippen molar-refractivity contribution in [1.82, 2.24) is 15.1 Å². The Bertz CT molecular complexity index is 478. The van der Waals surface area contributed by atoms with Crippen LogP contribution in [0.25, 0.3) is 10.8 Å². The van der Waals surface area contributed by atoms with Crippen LogP contribution in [0.5, 0.6) is 0 Å². The van der Waals surface area contributed by atoms with E-state index in [0.717, 1.165) is 36.2 Å². The van der Waals surface area contributed by atoms with Crippen molar-refractivity contribution in [2.45, 2.75) is 6.92 Å². The summed E-state index contributed by atoms with van der Waals surface area (Å²) < 4.78 is 0. The third-order valence-corrected chi connectivity index (χ3v) is 2.90. The van der Waals surface area contributed by atoms with E-state index in [2.05, 4.69) is 40.5 Å². The van der Waals surface area contributed by atoms with Crippen LogP contribution in [0.4, 0.5) is 5.82 Å². The Kier molecular flexibility index (Phi) is 3.88. The molecule has 2 aromatic rings. The van der Waals surface area contributed by atoms with Crippen LogP contribution < -0.4 is 5.32 Å². The number of nitrogens with one attached hydrogen (secondary N) is 1. The van der Waals surface area contributed by atoms with Crippen LogP contribution in [-0.4, -0.2) is 41.8 Å². The van der Waals surface area contributed by atoms with E-state index < -0.39 is 0 Å². The first-order valence-electron chi connectivity index (χ1n) is 5.94. The quantitative estimate of drug-likeness (QED) is 0.853. The highest BCUT2D eigenvalue weighted by atomic mass is 15.2. The molecule has 1 heterocycles. The average Bonchev–Trinajstić information content (AvgIpc) is 2.39. The molecule has 0 aliphatic heterocycles. The van der Waals surface area contributed by atoms with Crippen LogP contribution in [0, 0.1) is 0 Å². The molecule has 2 rings (SSSR count). The van der Waals surface area contributed by atoms with Crippen LogP contribution in [0.15, 0.2) is 30.5 Å². The predicted molar refractivity (Wildman–Crippen MR) is 71.2 cm³/mol. The van der Waals surface area contributed by atoms with Gasteiger partial charge in [-0.2, -0.15) is 5.10 Å². The van der Waals surface area contributed by atoms with E-state index >= 15 is 0 Å².